The Morgan fingerprint density at radius 1 is 1.19 bits per heavy atom. The molecule has 0 fully saturated rings. The van der Waals surface area contributed by atoms with Crippen LogP contribution in [0.2, 0.25) is 0 Å². The van der Waals surface area contributed by atoms with Crippen molar-refractivity contribution in [3.8, 4) is 5.88 Å². The van der Waals surface area contributed by atoms with Gasteiger partial charge in [-0.1, -0.05) is 18.2 Å². The SMILES string of the molecule is CC[NH+](CC)CCn1c(O)c(N=NC(=O)c2cccnc2)c2ccccc21. The normalized spacial score (nSPS) is 11.7. The molecular formula is C20H24N5O2+. The fourth-order valence-corrected chi connectivity index (χ4v) is 3.11. The predicted octanol–water partition coefficient (Wildman–Crippen LogP) is 2.59. The summed E-state index contributed by atoms with van der Waals surface area (Å²) < 4.78 is 1.84. The molecule has 0 saturated carbocycles. The molecule has 0 atom stereocenters. The molecule has 27 heavy (non-hydrogen) atoms. The lowest BCUT2D eigenvalue weighted by atomic mass is 10.2. The van der Waals surface area contributed by atoms with Crippen molar-refractivity contribution in [3.63, 3.8) is 0 Å². The molecule has 0 aliphatic rings. The molecule has 3 aromatic rings. The van der Waals surface area contributed by atoms with E-state index in [1.165, 1.54) is 11.1 Å². The summed E-state index contributed by atoms with van der Waals surface area (Å²) >= 11 is 0. The zero-order chi connectivity index (χ0) is 19.2. The Balaban J connectivity index is 1.92. The summed E-state index contributed by atoms with van der Waals surface area (Å²) in [5.41, 5.74) is 1.55. The number of pyridine rings is 1. The van der Waals surface area contributed by atoms with E-state index >= 15 is 0 Å². The Bertz CT molecular complexity index is 946. The van der Waals surface area contributed by atoms with Gasteiger partial charge in [0.1, 0.15) is 0 Å². The summed E-state index contributed by atoms with van der Waals surface area (Å²) in [5.74, 6) is -0.461. The molecule has 0 aliphatic heterocycles. The van der Waals surface area contributed by atoms with Crippen LogP contribution in [0, 0.1) is 0 Å². The van der Waals surface area contributed by atoms with Gasteiger partial charge in [0, 0.05) is 17.8 Å². The molecule has 1 amide bonds. The number of carbonyl (C=O) groups excluding carboxylic acids is 1. The lowest BCUT2D eigenvalue weighted by Crippen LogP contribution is -3.11. The van der Waals surface area contributed by atoms with Crippen LogP contribution in [0.3, 0.4) is 0 Å². The second-order valence-corrected chi connectivity index (χ2v) is 6.29. The number of rotatable bonds is 7. The smallest absolute Gasteiger partial charge is 0.296 e. The zero-order valence-electron chi connectivity index (χ0n) is 15.6. The van der Waals surface area contributed by atoms with Crippen LogP contribution in [0.25, 0.3) is 10.9 Å². The minimum atomic E-state index is -0.494. The topological polar surface area (TPSA) is 84.3 Å². The highest BCUT2D eigenvalue weighted by Gasteiger charge is 2.18. The van der Waals surface area contributed by atoms with E-state index in [2.05, 4.69) is 29.1 Å². The van der Waals surface area contributed by atoms with E-state index < -0.39 is 5.91 Å². The van der Waals surface area contributed by atoms with Crippen molar-refractivity contribution in [2.45, 2.75) is 20.4 Å². The molecule has 0 saturated heterocycles. The number of likely N-dealkylation sites (N-methyl/N-ethyl adjacent to an activating group) is 1. The highest BCUT2D eigenvalue weighted by molar-refractivity contribution is 5.97. The summed E-state index contributed by atoms with van der Waals surface area (Å²) in [6.45, 7) is 7.91. The fraction of sp³-hybridized carbons (Fsp3) is 0.300. The Kier molecular flexibility index (Phi) is 5.93. The van der Waals surface area contributed by atoms with E-state index in [0.717, 1.165) is 30.5 Å². The minimum absolute atomic E-state index is 0.0329. The van der Waals surface area contributed by atoms with Crippen molar-refractivity contribution < 1.29 is 14.8 Å². The van der Waals surface area contributed by atoms with Crippen molar-refractivity contribution in [2.75, 3.05) is 19.6 Å². The molecule has 0 aliphatic carbocycles. The van der Waals surface area contributed by atoms with Gasteiger partial charge in [-0.05, 0) is 32.0 Å². The van der Waals surface area contributed by atoms with E-state index in [9.17, 15) is 9.90 Å². The summed E-state index contributed by atoms with van der Waals surface area (Å²) in [5, 5.41) is 19.4. The van der Waals surface area contributed by atoms with Crippen molar-refractivity contribution >= 4 is 22.5 Å². The minimum Gasteiger partial charge on any atom is -0.493 e. The number of hydrogen-bond donors (Lipinski definition) is 2. The molecule has 7 nitrogen and oxygen atoms in total. The molecule has 2 heterocycles. The summed E-state index contributed by atoms with van der Waals surface area (Å²) in [4.78, 5) is 17.5. The summed E-state index contributed by atoms with van der Waals surface area (Å²) in [6, 6.07) is 10.9. The van der Waals surface area contributed by atoms with Gasteiger partial charge in [0.2, 0.25) is 5.88 Å². The first-order valence-corrected chi connectivity index (χ1v) is 9.15. The van der Waals surface area contributed by atoms with Crippen molar-refractivity contribution in [3.05, 3.63) is 54.4 Å². The van der Waals surface area contributed by atoms with Gasteiger partial charge in [-0.25, -0.2) is 0 Å². The van der Waals surface area contributed by atoms with Gasteiger partial charge in [0.25, 0.3) is 5.91 Å². The Morgan fingerprint density at radius 2 is 1.96 bits per heavy atom. The van der Waals surface area contributed by atoms with E-state index in [-0.39, 0.29) is 5.88 Å². The number of nitrogens with one attached hydrogen (secondary N) is 1. The zero-order valence-corrected chi connectivity index (χ0v) is 15.6. The standard InChI is InChI=1S/C20H23N5O2/c1-3-24(4-2)12-13-25-17-10-6-5-9-16(17)18(20(25)27)22-23-19(26)15-8-7-11-21-14-15/h5-11,14,27H,3-4,12-13H2,1-2H3/p+1. The number of aromatic hydroxyl groups is 1. The van der Waals surface area contributed by atoms with Gasteiger partial charge in [0.05, 0.1) is 37.3 Å². The molecule has 7 heteroatoms. The lowest BCUT2D eigenvalue weighted by molar-refractivity contribution is -0.897. The number of nitrogens with zero attached hydrogens (tertiary/aromatic N) is 4. The van der Waals surface area contributed by atoms with Crippen LogP contribution < -0.4 is 4.90 Å². The third-order valence-corrected chi connectivity index (χ3v) is 4.76. The summed E-state index contributed by atoms with van der Waals surface area (Å²) in [6.07, 6.45) is 3.03. The molecule has 0 radical (unpaired) electrons. The number of benzene rings is 1. The maximum Gasteiger partial charge on any atom is 0.296 e. The molecule has 0 unspecified atom stereocenters. The Labute approximate surface area is 158 Å². The maximum absolute atomic E-state index is 12.2. The second-order valence-electron chi connectivity index (χ2n) is 6.29. The number of aromatic nitrogens is 2. The van der Waals surface area contributed by atoms with Crippen LogP contribution in [-0.4, -0.2) is 40.2 Å². The van der Waals surface area contributed by atoms with Gasteiger partial charge in [-0.2, -0.15) is 0 Å². The second kappa shape index (κ2) is 8.55. The quantitative estimate of drug-likeness (QED) is 0.631. The van der Waals surface area contributed by atoms with Crippen LogP contribution in [-0.2, 0) is 6.54 Å². The van der Waals surface area contributed by atoms with Gasteiger partial charge < -0.3 is 14.6 Å². The first kappa shape index (κ1) is 18.7. The van der Waals surface area contributed by atoms with E-state index in [4.69, 9.17) is 0 Å². The van der Waals surface area contributed by atoms with Crippen LogP contribution in [0.15, 0.2) is 59.0 Å². The number of hydrogen-bond acceptors (Lipinski definition) is 4. The number of fused-ring (bicyclic) bond motifs is 1. The Hall–Kier alpha value is -3.06. The first-order valence-electron chi connectivity index (χ1n) is 9.15. The largest absolute Gasteiger partial charge is 0.493 e. The number of azo groups is 1. The van der Waals surface area contributed by atoms with Crippen LogP contribution in [0.4, 0.5) is 5.69 Å². The first-order chi connectivity index (χ1) is 13.2. The van der Waals surface area contributed by atoms with E-state index in [0.29, 0.717) is 17.8 Å². The number of carbonyl (C=O) groups is 1. The molecular weight excluding hydrogens is 342 g/mol. The monoisotopic (exact) mass is 366 g/mol. The molecule has 3 rings (SSSR count). The lowest BCUT2D eigenvalue weighted by Gasteiger charge is -2.16. The third-order valence-electron chi connectivity index (χ3n) is 4.76. The van der Waals surface area contributed by atoms with Crippen LogP contribution >= 0.6 is 0 Å². The van der Waals surface area contributed by atoms with Crippen LogP contribution in [0.1, 0.15) is 24.2 Å². The highest BCUT2D eigenvalue weighted by Crippen LogP contribution is 2.38. The van der Waals surface area contributed by atoms with Gasteiger partial charge in [-0.15, -0.1) is 10.2 Å². The average molecular weight is 366 g/mol. The number of quaternary nitrogens is 1. The fourth-order valence-electron chi connectivity index (χ4n) is 3.11. The number of amides is 1. The van der Waals surface area contributed by atoms with Crippen molar-refractivity contribution in [1.29, 1.82) is 0 Å². The van der Waals surface area contributed by atoms with Crippen molar-refractivity contribution in [2.24, 2.45) is 10.2 Å². The maximum atomic E-state index is 12.2. The molecule has 2 N–H and O–H groups in total. The molecule has 140 valence electrons. The molecule has 2 aromatic heterocycles. The Morgan fingerprint density at radius 3 is 2.67 bits per heavy atom. The van der Waals surface area contributed by atoms with E-state index in [1.54, 1.807) is 18.3 Å². The van der Waals surface area contributed by atoms with Gasteiger partial charge in [0.15, 0.2) is 5.69 Å². The molecule has 1 aromatic carbocycles. The number of para-hydroxylation sites is 1. The van der Waals surface area contributed by atoms with Gasteiger partial charge in [-0.3, -0.25) is 9.78 Å². The van der Waals surface area contributed by atoms with Crippen molar-refractivity contribution in [1.82, 2.24) is 9.55 Å². The van der Waals surface area contributed by atoms with E-state index in [1.807, 2.05) is 28.8 Å². The third kappa shape index (κ3) is 4.03. The molecule has 0 spiro atoms. The molecule has 0 bridgehead atoms. The van der Waals surface area contributed by atoms with Gasteiger partial charge >= 0.3 is 0 Å². The highest BCUT2D eigenvalue weighted by atomic mass is 16.3. The van der Waals surface area contributed by atoms with Crippen LogP contribution in [0.5, 0.6) is 5.88 Å². The average Bonchev–Trinajstić information content (AvgIpc) is 2.98. The summed E-state index contributed by atoms with van der Waals surface area (Å²) in [7, 11) is 0. The predicted molar refractivity (Wildman–Crippen MR) is 104 cm³/mol.